The molecule has 1 aromatic carbocycles. The average molecular weight is 232 g/mol. The lowest BCUT2D eigenvalue weighted by Crippen LogP contribution is -2.27. The van der Waals surface area contributed by atoms with Crippen molar-refractivity contribution in [3.05, 3.63) is 35.9 Å². The molecule has 1 aromatic rings. The van der Waals surface area contributed by atoms with Gasteiger partial charge in [0.1, 0.15) is 6.10 Å². The van der Waals surface area contributed by atoms with Crippen LogP contribution in [0.5, 0.6) is 0 Å². The molecule has 1 unspecified atom stereocenters. The van der Waals surface area contributed by atoms with E-state index in [1.54, 1.807) is 6.07 Å². The second kappa shape index (κ2) is 9.28. The molecule has 0 aliphatic rings. The van der Waals surface area contributed by atoms with Gasteiger partial charge in [-0.2, -0.15) is 8.78 Å². The summed E-state index contributed by atoms with van der Waals surface area (Å²) in [6.07, 6.45) is -1.65. The molecule has 1 nitrogen and oxygen atoms in total. The van der Waals surface area contributed by atoms with Crippen molar-refractivity contribution in [2.24, 2.45) is 0 Å². The summed E-state index contributed by atoms with van der Waals surface area (Å²) in [4.78, 5) is 0. The van der Waals surface area contributed by atoms with E-state index in [1.807, 2.05) is 27.7 Å². The summed E-state index contributed by atoms with van der Waals surface area (Å²) in [7, 11) is 0. The van der Waals surface area contributed by atoms with Crippen LogP contribution >= 0.6 is 0 Å². The summed E-state index contributed by atoms with van der Waals surface area (Å²) >= 11 is 0. The molecule has 0 heterocycles. The standard InChI is InChI=1S/C9H10F2O.2C2H6/c1-7(12)9(10,11)8-5-3-2-4-6-8;2*1-2/h2-7,12H,1H3;2*1-2H3. The minimum Gasteiger partial charge on any atom is -0.387 e. The monoisotopic (exact) mass is 232 g/mol. The molecule has 0 bridgehead atoms. The first kappa shape index (κ1) is 17.4. The van der Waals surface area contributed by atoms with E-state index in [4.69, 9.17) is 5.11 Å². The molecule has 94 valence electrons. The van der Waals surface area contributed by atoms with Crippen molar-refractivity contribution >= 4 is 0 Å². The molecule has 1 N–H and O–H groups in total. The van der Waals surface area contributed by atoms with Gasteiger partial charge < -0.3 is 5.11 Å². The quantitative estimate of drug-likeness (QED) is 0.809. The smallest absolute Gasteiger partial charge is 0.298 e. The third-order valence-corrected chi connectivity index (χ3v) is 1.68. The van der Waals surface area contributed by atoms with Crippen LogP contribution in [-0.2, 0) is 5.92 Å². The number of hydrogen-bond acceptors (Lipinski definition) is 1. The van der Waals surface area contributed by atoms with Crippen LogP contribution in [0.1, 0.15) is 40.2 Å². The summed E-state index contributed by atoms with van der Waals surface area (Å²) in [6, 6.07) is 7.29. The molecular formula is C13H22F2O. The molecule has 0 aromatic heterocycles. The lowest BCUT2D eigenvalue weighted by molar-refractivity contribution is -0.106. The Kier molecular flexibility index (Phi) is 10.1. The van der Waals surface area contributed by atoms with Gasteiger partial charge in [0.25, 0.3) is 5.92 Å². The summed E-state index contributed by atoms with van der Waals surface area (Å²) in [5.74, 6) is -3.15. The van der Waals surface area contributed by atoms with Crippen LogP contribution in [0.25, 0.3) is 0 Å². The van der Waals surface area contributed by atoms with Crippen LogP contribution in [0.2, 0.25) is 0 Å². The summed E-state index contributed by atoms with van der Waals surface area (Å²) in [5.41, 5.74) is -0.153. The van der Waals surface area contributed by atoms with E-state index in [9.17, 15) is 8.78 Å². The number of rotatable bonds is 2. The van der Waals surface area contributed by atoms with Crippen molar-refractivity contribution in [2.45, 2.75) is 46.6 Å². The third-order valence-electron chi connectivity index (χ3n) is 1.68. The third kappa shape index (κ3) is 5.21. The van der Waals surface area contributed by atoms with E-state index in [0.717, 1.165) is 6.92 Å². The lowest BCUT2D eigenvalue weighted by Gasteiger charge is -2.19. The fourth-order valence-electron chi connectivity index (χ4n) is 0.902. The number of hydrogen-bond donors (Lipinski definition) is 1. The minimum atomic E-state index is -3.15. The zero-order valence-electron chi connectivity index (χ0n) is 10.7. The van der Waals surface area contributed by atoms with Gasteiger partial charge in [0, 0.05) is 5.56 Å². The van der Waals surface area contributed by atoms with Crippen LogP contribution in [-0.4, -0.2) is 11.2 Å². The van der Waals surface area contributed by atoms with Gasteiger partial charge in [0.2, 0.25) is 0 Å². The van der Waals surface area contributed by atoms with E-state index in [2.05, 4.69) is 0 Å². The zero-order chi connectivity index (χ0) is 13.2. The second-order valence-corrected chi connectivity index (χ2v) is 2.66. The van der Waals surface area contributed by atoms with Gasteiger partial charge in [-0.15, -0.1) is 0 Å². The van der Waals surface area contributed by atoms with Crippen molar-refractivity contribution in [1.29, 1.82) is 0 Å². The molecule has 0 aliphatic heterocycles. The van der Waals surface area contributed by atoms with Crippen molar-refractivity contribution in [2.75, 3.05) is 0 Å². The Hall–Kier alpha value is -0.960. The van der Waals surface area contributed by atoms with Crippen LogP contribution in [0, 0.1) is 0 Å². The summed E-state index contributed by atoms with van der Waals surface area (Å²) in [6.45, 7) is 9.08. The van der Waals surface area contributed by atoms with E-state index < -0.39 is 12.0 Å². The normalized spacial score (nSPS) is 11.5. The van der Waals surface area contributed by atoms with Crippen molar-refractivity contribution in [3.8, 4) is 0 Å². The van der Waals surface area contributed by atoms with E-state index in [-0.39, 0.29) is 5.56 Å². The van der Waals surface area contributed by atoms with Gasteiger partial charge >= 0.3 is 0 Å². The first-order valence-corrected chi connectivity index (χ1v) is 5.66. The molecule has 0 radical (unpaired) electrons. The maximum atomic E-state index is 13.0. The molecule has 0 saturated carbocycles. The molecule has 0 fully saturated rings. The SMILES string of the molecule is CC.CC.CC(O)C(F)(F)c1ccccc1. The van der Waals surface area contributed by atoms with Gasteiger partial charge in [-0.1, -0.05) is 58.0 Å². The molecule has 1 atom stereocenters. The highest BCUT2D eigenvalue weighted by Crippen LogP contribution is 2.30. The Morgan fingerprint density at radius 1 is 1.00 bits per heavy atom. The van der Waals surface area contributed by atoms with Gasteiger partial charge in [0.05, 0.1) is 0 Å². The maximum Gasteiger partial charge on any atom is 0.298 e. The minimum absolute atomic E-state index is 0.153. The molecule has 0 saturated heterocycles. The van der Waals surface area contributed by atoms with Crippen LogP contribution in [0.4, 0.5) is 8.78 Å². The highest BCUT2D eigenvalue weighted by molar-refractivity contribution is 5.20. The topological polar surface area (TPSA) is 20.2 Å². The Bertz CT molecular complexity index is 245. The second-order valence-electron chi connectivity index (χ2n) is 2.66. The predicted octanol–water partition coefficient (Wildman–Crippen LogP) is 4.21. The molecule has 1 rings (SSSR count). The Labute approximate surface area is 97.1 Å². The number of aliphatic hydroxyl groups is 1. The average Bonchev–Trinajstić information content (AvgIpc) is 2.35. The fraction of sp³-hybridized carbons (Fsp3) is 0.538. The van der Waals surface area contributed by atoms with Crippen molar-refractivity contribution < 1.29 is 13.9 Å². The number of benzene rings is 1. The number of aliphatic hydroxyl groups excluding tert-OH is 1. The van der Waals surface area contributed by atoms with Gasteiger partial charge in [-0.3, -0.25) is 0 Å². The van der Waals surface area contributed by atoms with Gasteiger partial charge in [-0.05, 0) is 6.92 Å². The Morgan fingerprint density at radius 2 is 1.38 bits per heavy atom. The predicted molar refractivity (Wildman–Crippen MR) is 64.7 cm³/mol. The van der Waals surface area contributed by atoms with Gasteiger partial charge in [-0.25, -0.2) is 0 Å². The lowest BCUT2D eigenvalue weighted by atomic mass is 10.0. The summed E-state index contributed by atoms with van der Waals surface area (Å²) in [5, 5.41) is 8.78. The fourth-order valence-corrected chi connectivity index (χ4v) is 0.902. The van der Waals surface area contributed by atoms with Crippen molar-refractivity contribution in [3.63, 3.8) is 0 Å². The van der Waals surface area contributed by atoms with Crippen molar-refractivity contribution in [1.82, 2.24) is 0 Å². The first-order chi connectivity index (χ1) is 7.55. The molecule has 16 heavy (non-hydrogen) atoms. The molecular weight excluding hydrogens is 210 g/mol. The van der Waals surface area contributed by atoms with Crippen LogP contribution in [0.3, 0.4) is 0 Å². The Balaban J connectivity index is 0. The number of halogens is 2. The molecule has 0 aliphatic carbocycles. The van der Waals surface area contributed by atoms with E-state index in [1.165, 1.54) is 24.3 Å². The maximum absolute atomic E-state index is 13.0. The molecule has 3 heteroatoms. The zero-order valence-corrected chi connectivity index (χ0v) is 10.7. The highest BCUT2D eigenvalue weighted by Gasteiger charge is 2.36. The summed E-state index contributed by atoms with van der Waals surface area (Å²) < 4.78 is 26.1. The van der Waals surface area contributed by atoms with E-state index >= 15 is 0 Å². The highest BCUT2D eigenvalue weighted by atomic mass is 19.3. The molecule has 0 amide bonds. The van der Waals surface area contributed by atoms with Gasteiger partial charge in [0.15, 0.2) is 0 Å². The van der Waals surface area contributed by atoms with Crippen LogP contribution < -0.4 is 0 Å². The largest absolute Gasteiger partial charge is 0.387 e. The first-order valence-electron chi connectivity index (χ1n) is 5.66. The molecule has 0 spiro atoms. The number of alkyl halides is 2. The van der Waals surface area contributed by atoms with Crippen LogP contribution in [0.15, 0.2) is 30.3 Å². The Morgan fingerprint density at radius 3 is 1.69 bits per heavy atom. The van der Waals surface area contributed by atoms with E-state index in [0.29, 0.717) is 0 Å².